The molecule has 2 fully saturated rings. The summed E-state index contributed by atoms with van der Waals surface area (Å²) in [6, 6.07) is 0. The smallest absolute Gasteiger partial charge is 0.166 e. The molecular weight excluding hydrogens is 306 g/mol. The van der Waals surface area contributed by atoms with E-state index in [1.807, 2.05) is 0 Å². The summed E-state index contributed by atoms with van der Waals surface area (Å²) in [5.74, 6) is 1.79. The number of hydrogen-bond donors (Lipinski definition) is 0. The van der Waals surface area contributed by atoms with E-state index in [9.17, 15) is 13.2 Å². The molecule has 1 aliphatic heterocycles. The molecule has 1 atom stereocenters. The fourth-order valence-corrected chi connectivity index (χ4v) is 6.55. The lowest BCUT2D eigenvalue weighted by Crippen LogP contribution is -2.52. The van der Waals surface area contributed by atoms with Crippen LogP contribution in [0.25, 0.3) is 0 Å². The average molecular weight is 334 g/mol. The molecule has 1 heterocycles. The Hall–Kier alpha value is -0.0700. The lowest BCUT2D eigenvalue weighted by atomic mass is 9.81. The molecule has 1 unspecified atom stereocenters. The monoisotopic (exact) mass is 333 g/mol. The van der Waals surface area contributed by atoms with E-state index in [1.54, 1.807) is 18.7 Å². The Balaban J connectivity index is 2.15. The van der Waals surface area contributed by atoms with Crippen LogP contribution in [-0.4, -0.2) is 55.3 Å². The third kappa shape index (κ3) is 4.23. The van der Waals surface area contributed by atoms with Gasteiger partial charge in [-0.1, -0.05) is 32.6 Å². The van der Waals surface area contributed by atoms with E-state index in [0.717, 1.165) is 44.3 Å². The molecule has 0 aromatic heterocycles. The Morgan fingerprint density at radius 1 is 1.24 bits per heavy atom. The van der Waals surface area contributed by atoms with Crippen molar-refractivity contribution >= 4 is 27.9 Å². The Bertz CT molecular complexity index is 442. The molecule has 1 saturated carbocycles. The fourth-order valence-electron chi connectivity index (χ4n) is 3.47. The standard InChI is InChI=1S/C15H27NO3S2/c1-2-21(18,19)14-11-20-10-9-16(14)12-15(13-17)7-5-3-4-6-8-15/h13-14H,2-12H2,1H3. The predicted molar refractivity (Wildman–Crippen MR) is 88.3 cm³/mol. The SMILES string of the molecule is CCS(=O)(=O)C1CSCCN1CC1(C=O)CCCCCC1. The van der Waals surface area contributed by atoms with Crippen LogP contribution in [0.2, 0.25) is 0 Å². The highest BCUT2D eigenvalue weighted by molar-refractivity contribution is 8.01. The first-order chi connectivity index (χ1) is 10.0. The molecule has 6 heteroatoms. The van der Waals surface area contributed by atoms with Gasteiger partial charge in [-0.05, 0) is 12.8 Å². The van der Waals surface area contributed by atoms with Gasteiger partial charge >= 0.3 is 0 Å². The summed E-state index contributed by atoms with van der Waals surface area (Å²) in [5.41, 5.74) is -0.319. The van der Waals surface area contributed by atoms with Gasteiger partial charge in [0.15, 0.2) is 9.84 Å². The van der Waals surface area contributed by atoms with Gasteiger partial charge in [-0.3, -0.25) is 4.90 Å². The largest absolute Gasteiger partial charge is 0.303 e. The number of rotatable bonds is 5. The van der Waals surface area contributed by atoms with Crippen molar-refractivity contribution in [2.75, 3.05) is 30.3 Å². The predicted octanol–water partition coefficient (Wildman–Crippen LogP) is 2.34. The first kappa shape index (κ1) is 17.3. The van der Waals surface area contributed by atoms with E-state index < -0.39 is 15.2 Å². The van der Waals surface area contributed by atoms with Crippen LogP contribution in [0.15, 0.2) is 0 Å². The van der Waals surface area contributed by atoms with Crippen molar-refractivity contribution in [3.05, 3.63) is 0 Å². The number of carbonyl (C=O) groups is 1. The molecule has 0 aromatic rings. The number of sulfone groups is 1. The van der Waals surface area contributed by atoms with E-state index in [0.29, 0.717) is 12.3 Å². The molecule has 0 N–H and O–H groups in total. The van der Waals surface area contributed by atoms with Gasteiger partial charge in [0, 0.05) is 35.8 Å². The number of thioether (sulfide) groups is 1. The molecule has 2 aliphatic rings. The van der Waals surface area contributed by atoms with Gasteiger partial charge in [-0.25, -0.2) is 8.42 Å². The van der Waals surface area contributed by atoms with Crippen LogP contribution in [-0.2, 0) is 14.6 Å². The van der Waals surface area contributed by atoms with Crippen LogP contribution < -0.4 is 0 Å². The van der Waals surface area contributed by atoms with Crippen molar-refractivity contribution in [3.63, 3.8) is 0 Å². The van der Waals surface area contributed by atoms with E-state index in [-0.39, 0.29) is 11.2 Å². The molecule has 1 aliphatic carbocycles. The minimum absolute atomic E-state index is 0.183. The maximum atomic E-state index is 12.3. The second kappa shape index (κ2) is 7.47. The highest BCUT2D eigenvalue weighted by Gasteiger charge is 2.39. The van der Waals surface area contributed by atoms with Crippen LogP contribution >= 0.6 is 11.8 Å². The zero-order valence-electron chi connectivity index (χ0n) is 12.9. The molecule has 0 radical (unpaired) electrons. The Morgan fingerprint density at radius 2 is 1.90 bits per heavy atom. The van der Waals surface area contributed by atoms with Crippen LogP contribution in [0.4, 0.5) is 0 Å². The maximum Gasteiger partial charge on any atom is 0.166 e. The molecule has 0 bridgehead atoms. The maximum absolute atomic E-state index is 12.3. The van der Waals surface area contributed by atoms with Crippen molar-refractivity contribution in [1.82, 2.24) is 4.90 Å². The van der Waals surface area contributed by atoms with Gasteiger partial charge < -0.3 is 4.79 Å². The highest BCUT2D eigenvalue weighted by Crippen LogP contribution is 2.36. The van der Waals surface area contributed by atoms with Gasteiger partial charge in [0.25, 0.3) is 0 Å². The zero-order chi connectivity index (χ0) is 15.3. The molecule has 122 valence electrons. The molecule has 21 heavy (non-hydrogen) atoms. The Labute approximate surface area is 133 Å². The Kier molecular flexibility index (Phi) is 6.15. The second-order valence-electron chi connectivity index (χ2n) is 6.35. The molecular formula is C15H27NO3S2. The van der Waals surface area contributed by atoms with E-state index >= 15 is 0 Å². The molecule has 0 aromatic carbocycles. The molecule has 2 rings (SSSR count). The first-order valence-electron chi connectivity index (χ1n) is 8.03. The minimum Gasteiger partial charge on any atom is -0.303 e. The van der Waals surface area contributed by atoms with Crippen molar-refractivity contribution in [1.29, 1.82) is 0 Å². The van der Waals surface area contributed by atoms with Gasteiger partial charge in [-0.15, -0.1) is 0 Å². The van der Waals surface area contributed by atoms with Gasteiger partial charge in [-0.2, -0.15) is 11.8 Å². The van der Waals surface area contributed by atoms with Crippen LogP contribution in [0.1, 0.15) is 45.4 Å². The van der Waals surface area contributed by atoms with Crippen molar-refractivity contribution in [2.24, 2.45) is 5.41 Å². The second-order valence-corrected chi connectivity index (χ2v) is 9.94. The minimum atomic E-state index is -3.08. The zero-order valence-corrected chi connectivity index (χ0v) is 14.6. The molecule has 4 nitrogen and oxygen atoms in total. The summed E-state index contributed by atoms with van der Waals surface area (Å²) >= 11 is 1.71. The molecule has 1 saturated heterocycles. The van der Waals surface area contributed by atoms with E-state index in [1.165, 1.54) is 12.8 Å². The summed E-state index contributed by atoms with van der Waals surface area (Å²) in [7, 11) is -3.08. The number of aldehydes is 1. The van der Waals surface area contributed by atoms with E-state index in [4.69, 9.17) is 0 Å². The number of hydrogen-bond acceptors (Lipinski definition) is 5. The first-order valence-corrected chi connectivity index (χ1v) is 10.9. The number of nitrogens with zero attached hydrogens (tertiary/aromatic N) is 1. The van der Waals surface area contributed by atoms with E-state index in [2.05, 4.69) is 4.90 Å². The third-order valence-electron chi connectivity index (χ3n) is 4.87. The van der Waals surface area contributed by atoms with Crippen LogP contribution in [0.5, 0.6) is 0 Å². The van der Waals surface area contributed by atoms with Crippen molar-refractivity contribution < 1.29 is 13.2 Å². The third-order valence-corrected chi connectivity index (χ3v) is 8.21. The van der Waals surface area contributed by atoms with Gasteiger partial charge in [0.05, 0.1) is 0 Å². The summed E-state index contributed by atoms with van der Waals surface area (Å²) in [6.07, 6.45) is 7.52. The highest BCUT2D eigenvalue weighted by atomic mass is 32.2. The topological polar surface area (TPSA) is 54.5 Å². The molecule has 0 spiro atoms. The lowest BCUT2D eigenvalue weighted by molar-refractivity contribution is -0.118. The normalized spacial score (nSPS) is 28.0. The van der Waals surface area contributed by atoms with Gasteiger partial charge in [0.2, 0.25) is 0 Å². The summed E-state index contributed by atoms with van der Waals surface area (Å²) in [4.78, 5) is 13.8. The van der Waals surface area contributed by atoms with Crippen molar-refractivity contribution in [3.8, 4) is 0 Å². The quantitative estimate of drug-likeness (QED) is 0.571. The summed E-state index contributed by atoms with van der Waals surface area (Å²) in [6.45, 7) is 3.12. The van der Waals surface area contributed by atoms with Crippen LogP contribution in [0, 0.1) is 5.41 Å². The van der Waals surface area contributed by atoms with Gasteiger partial charge in [0.1, 0.15) is 11.7 Å². The van der Waals surface area contributed by atoms with Crippen LogP contribution in [0.3, 0.4) is 0 Å². The fraction of sp³-hybridized carbons (Fsp3) is 0.933. The lowest BCUT2D eigenvalue weighted by Gasteiger charge is -2.40. The average Bonchev–Trinajstić information content (AvgIpc) is 2.74. The number of carbonyl (C=O) groups excluding carboxylic acids is 1. The summed E-state index contributed by atoms with van der Waals surface area (Å²) in [5, 5.41) is -0.402. The Morgan fingerprint density at radius 3 is 2.48 bits per heavy atom. The van der Waals surface area contributed by atoms with Crippen molar-refractivity contribution in [2.45, 2.75) is 50.8 Å². The molecule has 0 amide bonds. The summed E-state index contributed by atoms with van der Waals surface area (Å²) < 4.78 is 24.6.